The molecular formula is C20H27N. The second-order valence-corrected chi connectivity index (χ2v) is 5.61. The average Bonchev–Trinajstić information content (AvgIpc) is 2.56. The molecule has 21 heavy (non-hydrogen) atoms. The molecule has 2 rings (SSSR count). The van der Waals surface area contributed by atoms with Gasteiger partial charge in [0.1, 0.15) is 0 Å². The Labute approximate surface area is 129 Å². The number of unbranched alkanes of at least 4 members (excludes halogenated alkanes) is 1. The first-order valence-corrected chi connectivity index (χ1v) is 8.20. The zero-order chi connectivity index (χ0) is 14.9. The predicted octanol–water partition coefficient (Wildman–Crippen LogP) is 5.27. The predicted molar refractivity (Wildman–Crippen MR) is 91.4 cm³/mol. The van der Waals surface area contributed by atoms with E-state index in [-0.39, 0.29) is 0 Å². The molecule has 1 heteroatoms. The van der Waals surface area contributed by atoms with Gasteiger partial charge in [0.25, 0.3) is 0 Å². The highest BCUT2D eigenvalue weighted by Crippen LogP contribution is 2.20. The average molecular weight is 281 g/mol. The molecule has 0 aromatic heterocycles. The van der Waals surface area contributed by atoms with Crippen LogP contribution in [-0.2, 0) is 13.0 Å². The first-order valence-electron chi connectivity index (χ1n) is 8.20. The minimum atomic E-state index is 0.455. The van der Waals surface area contributed by atoms with E-state index in [2.05, 4.69) is 73.8 Å². The summed E-state index contributed by atoms with van der Waals surface area (Å²) < 4.78 is 0. The Morgan fingerprint density at radius 2 is 1.52 bits per heavy atom. The molecule has 1 unspecified atom stereocenters. The summed E-state index contributed by atoms with van der Waals surface area (Å²) in [7, 11) is 0. The normalized spacial score (nSPS) is 12.3. The highest BCUT2D eigenvalue weighted by molar-refractivity contribution is 5.27. The van der Waals surface area contributed by atoms with Gasteiger partial charge in [0.05, 0.1) is 0 Å². The molecule has 0 amide bonds. The summed E-state index contributed by atoms with van der Waals surface area (Å²) in [5.41, 5.74) is 4.28. The summed E-state index contributed by atoms with van der Waals surface area (Å²) in [4.78, 5) is 0. The molecule has 0 spiro atoms. The van der Waals surface area contributed by atoms with E-state index >= 15 is 0 Å². The van der Waals surface area contributed by atoms with Crippen molar-refractivity contribution in [3.63, 3.8) is 0 Å². The Hall–Kier alpha value is -1.60. The number of aryl methyl sites for hydroxylation is 1. The highest BCUT2D eigenvalue weighted by Gasteiger charge is 2.10. The molecule has 1 N–H and O–H groups in total. The maximum Gasteiger partial charge on any atom is 0.0323 e. The number of hydrogen-bond acceptors (Lipinski definition) is 1. The topological polar surface area (TPSA) is 12.0 Å². The van der Waals surface area contributed by atoms with Gasteiger partial charge in [0.15, 0.2) is 0 Å². The first-order chi connectivity index (χ1) is 10.3. The van der Waals surface area contributed by atoms with Gasteiger partial charge < -0.3 is 5.32 Å². The fourth-order valence-electron chi connectivity index (χ4n) is 2.79. The van der Waals surface area contributed by atoms with E-state index in [9.17, 15) is 0 Å². The Kier molecular flexibility index (Phi) is 6.49. The third-order valence-corrected chi connectivity index (χ3v) is 4.09. The van der Waals surface area contributed by atoms with Gasteiger partial charge in [0, 0.05) is 12.6 Å². The first kappa shape index (κ1) is 15.8. The van der Waals surface area contributed by atoms with E-state index < -0.39 is 0 Å². The lowest BCUT2D eigenvalue weighted by atomic mass is 10.00. The fraction of sp³-hybridized carbons (Fsp3) is 0.400. The maximum absolute atomic E-state index is 3.76. The molecule has 0 radical (unpaired) electrons. The quantitative estimate of drug-likeness (QED) is 0.695. The second-order valence-electron chi connectivity index (χ2n) is 5.61. The van der Waals surface area contributed by atoms with E-state index in [1.165, 1.54) is 36.0 Å². The maximum atomic E-state index is 3.76. The zero-order valence-corrected chi connectivity index (χ0v) is 13.3. The van der Waals surface area contributed by atoms with Crippen LogP contribution in [0.4, 0.5) is 0 Å². The van der Waals surface area contributed by atoms with Crippen molar-refractivity contribution in [2.24, 2.45) is 0 Å². The second kappa shape index (κ2) is 8.63. The molecule has 0 aliphatic carbocycles. The number of benzene rings is 2. The molecule has 0 fully saturated rings. The van der Waals surface area contributed by atoms with Crippen LogP contribution >= 0.6 is 0 Å². The van der Waals surface area contributed by atoms with Crippen molar-refractivity contribution in [1.29, 1.82) is 0 Å². The lowest BCUT2D eigenvalue weighted by molar-refractivity contribution is 0.479. The third kappa shape index (κ3) is 4.71. The van der Waals surface area contributed by atoms with Gasteiger partial charge in [-0.15, -0.1) is 0 Å². The molecule has 1 nitrogen and oxygen atoms in total. The lowest BCUT2D eigenvalue weighted by Crippen LogP contribution is -2.21. The Bertz CT molecular complexity index is 518. The van der Waals surface area contributed by atoms with Crippen LogP contribution in [0.25, 0.3) is 0 Å². The van der Waals surface area contributed by atoms with Crippen LogP contribution in [-0.4, -0.2) is 0 Å². The van der Waals surface area contributed by atoms with Crippen LogP contribution in [0.5, 0.6) is 0 Å². The van der Waals surface area contributed by atoms with Crippen molar-refractivity contribution in [1.82, 2.24) is 5.32 Å². The minimum absolute atomic E-state index is 0.455. The van der Waals surface area contributed by atoms with Crippen LogP contribution < -0.4 is 5.32 Å². The van der Waals surface area contributed by atoms with Crippen molar-refractivity contribution in [2.75, 3.05) is 0 Å². The summed E-state index contributed by atoms with van der Waals surface area (Å²) in [6, 6.07) is 20.0. The van der Waals surface area contributed by atoms with Crippen LogP contribution in [0, 0.1) is 0 Å². The number of rotatable bonds is 8. The van der Waals surface area contributed by atoms with Gasteiger partial charge in [0.2, 0.25) is 0 Å². The third-order valence-electron chi connectivity index (χ3n) is 4.09. The highest BCUT2D eigenvalue weighted by atomic mass is 14.9. The zero-order valence-electron chi connectivity index (χ0n) is 13.3. The van der Waals surface area contributed by atoms with Gasteiger partial charge in [-0.25, -0.2) is 0 Å². The molecular weight excluding hydrogens is 254 g/mol. The monoisotopic (exact) mass is 281 g/mol. The molecule has 2 aromatic carbocycles. The van der Waals surface area contributed by atoms with Gasteiger partial charge >= 0.3 is 0 Å². The molecule has 2 aromatic rings. The number of hydrogen-bond donors (Lipinski definition) is 1. The van der Waals surface area contributed by atoms with E-state index in [1.54, 1.807) is 0 Å². The molecule has 112 valence electrons. The fourth-order valence-corrected chi connectivity index (χ4v) is 2.79. The Morgan fingerprint density at radius 3 is 2.19 bits per heavy atom. The SMILES string of the molecule is CCCCC(NCc1ccccc1CC)c1ccccc1. The van der Waals surface area contributed by atoms with Crippen LogP contribution in [0.2, 0.25) is 0 Å². The summed E-state index contributed by atoms with van der Waals surface area (Å²) in [6.45, 7) is 5.44. The molecule has 0 aliphatic rings. The van der Waals surface area contributed by atoms with Crippen molar-refractivity contribution >= 4 is 0 Å². The molecule has 0 heterocycles. The van der Waals surface area contributed by atoms with Crippen molar-refractivity contribution < 1.29 is 0 Å². The number of nitrogens with one attached hydrogen (secondary N) is 1. The molecule has 0 bridgehead atoms. The summed E-state index contributed by atoms with van der Waals surface area (Å²) in [5.74, 6) is 0. The Balaban J connectivity index is 2.05. The minimum Gasteiger partial charge on any atom is -0.306 e. The summed E-state index contributed by atoms with van der Waals surface area (Å²) in [5, 5.41) is 3.76. The van der Waals surface area contributed by atoms with Crippen molar-refractivity contribution in [3.05, 3.63) is 71.3 Å². The van der Waals surface area contributed by atoms with Crippen molar-refractivity contribution in [3.8, 4) is 0 Å². The standard InChI is InChI=1S/C20H27N/c1-3-5-15-20(18-12-7-6-8-13-18)21-16-19-14-10-9-11-17(19)4-2/h6-14,20-21H,3-5,15-16H2,1-2H3. The van der Waals surface area contributed by atoms with Crippen LogP contribution in [0.15, 0.2) is 54.6 Å². The molecule has 0 aliphatic heterocycles. The summed E-state index contributed by atoms with van der Waals surface area (Å²) >= 11 is 0. The smallest absolute Gasteiger partial charge is 0.0323 e. The van der Waals surface area contributed by atoms with E-state index in [1.807, 2.05) is 0 Å². The van der Waals surface area contributed by atoms with Gasteiger partial charge in [-0.1, -0.05) is 81.3 Å². The Morgan fingerprint density at radius 1 is 0.857 bits per heavy atom. The van der Waals surface area contributed by atoms with E-state index in [0.717, 1.165) is 13.0 Å². The summed E-state index contributed by atoms with van der Waals surface area (Å²) in [6.07, 6.45) is 4.82. The van der Waals surface area contributed by atoms with Gasteiger partial charge in [-0.3, -0.25) is 0 Å². The molecule has 1 atom stereocenters. The lowest BCUT2D eigenvalue weighted by Gasteiger charge is -2.20. The largest absolute Gasteiger partial charge is 0.306 e. The van der Waals surface area contributed by atoms with E-state index in [0.29, 0.717) is 6.04 Å². The van der Waals surface area contributed by atoms with Gasteiger partial charge in [-0.2, -0.15) is 0 Å². The van der Waals surface area contributed by atoms with Crippen molar-refractivity contribution in [2.45, 2.75) is 52.1 Å². The van der Waals surface area contributed by atoms with Crippen LogP contribution in [0.3, 0.4) is 0 Å². The van der Waals surface area contributed by atoms with E-state index in [4.69, 9.17) is 0 Å². The van der Waals surface area contributed by atoms with Crippen LogP contribution in [0.1, 0.15) is 55.8 Å². The molecule has 0 saturated heterocycles. The molecule has 0 saturated carbocycles. The van der Waals surface area contributed by atoms with Gasteiger partial charge in [-0.05, 0) is 29.5 Å².